The fraction of sp³-hybridized carbons (Fsp3) is 0. The van der Waals surface area contributed by atoms with Gasteiger partial charge >= 0.3 is 17.1 Å². The Bertz CT molecular complexity index is 979. The Morgan fingerprint density at radius 2 is 1.22 bits per heavy atom. The van der Waals surface area contributed by atoms with E-state index in [2.05, 4.69) is 0 Å². The van der Waals surface area contributed by atoms with Crippen molar-refractivity contribution < 1.29 is 29.2 Å². The molecule has 13 heteroatoms. The molecule has 0 saturated heterocycles. The SMILES string of the molecule is O=C1c2ccccc2C(=O)N1Oc1c([N+](=O)[O-])cc([N+](=O)[O-])cc1[N+](=O)[O-]. The number of carbonyl (C=O) groups excluding carboxylic acids is 2. The zero-order valence-electron chi connectivity index (χ0n) is 12.9. The van der Waals surface area contributed by atoms with Gasteiger partial charge in [-0.15, -0.1) is 0 Å². The Morgan fingerprint density at radius 3 is 1.59 bits per heavy atom. The van der Waals surface area contributed by atoms with E-state index in [4.69, 9.17) is 4.84 Å². The Labute approximate surface area is 147 Å². The van der Waals surface area contributed by atoms with Crippen LogP contribution in [0.2, 0.25) is 0 Å². The highest BCUT2D eigenvalue weighted by Gasteiger charge is 2.42. The third kappa shape index (κ3) is 2.78. The van der Waals surface area contributed by atoms with Crippen LogP contribution in [0.15, 0.2) is 36.4 Å². The number of nitro groups is 3. The summed E-state index contributed by atoms with van der Waals surface area (Å²) in [5, 5.41) is 33.4. The van der Waals surface area contributed by atoms with Crippen molar-refractivity contribution >= 4 is 28.9 Å². The second-order valence-electron chi connectivity index (χ2n) is 5.13. The van der Waals surface area contributed by atoms with Crippen molar-refractivity contribution in [2.75, 3.05) is 0 Å². The number of nitrogens with zero attached hydrogens (tertiary/aromatic N) is 4. The molecule has 1 aliphatic heterocycles. The molecule has 2 aromatic carbocycles. The van der Waals surface area contributed by atoms with Crippen LogP contribution >= 0.6 is 0 Å². The Morgan fingerprint density at radius 1 is 0.778 bits per heavy atom. The minimum Gasteiger partial charge on any atom is -0.354 e. The fourth-order valence-corrected chi connectivity index (χ4v) is 2.40. The number of amides is 2. The van der Waals surface area contributed by atoms with Crippen molar-refractivity contribution in [3.63, 3.8) is 0 Å². The number of hydrogen-bond donors (Lipinski definition) is 0. The fourth-order valence-electron chi connectivity index (χ4n) is 2.40. The van der Waals surface area contributed by atoms with Gasteiger partial charge in [0.1, 0.15) is 0 Å². The van der Waals surface area contributed by atoms with E-state index in [1.165, 1.54) is 24.3 Å². The molecule has 3 rings (SSSR count). The molecule has 1 aliphatic rings. The quantitative estimate of drug-likeness (QED) is 0.430. The zero-order valence-corrected chi connectivity index (χ0v) is 12.9. The molecule has 0 fully saturated rings. The standard InChI is InChI=1S/C14H6N4O9/c19-13-8-3-1-2-4-9(8)14(20)15(13)27-12-10(17(23)24)5-7(16(21)22)6-11(12)18(25)26/h1-6H. The van der Waals surface area contributed by atoms with E-state index in [-0.39, 0.29) is 16.2 Å². The van der Waals surface area contributed by atoms with Crippen LogP contribution in [0, 0.1) is 30.3 Å². The predicted octanol–water partition coefficient (Wildman–Crippen LogP) is 2.00. The van der Waals surface area contributed by atoms with E-state index >= 15 is 0 Å². The molecule has 0 spiro atoms. The molecule has 1 heterocycles. The molecular weight excluding hydrogens is 368 g/mol. The molecule has 0 radical (unpaired) electrons. The molecule has 0 saturated carbocycles. The highest BCUT2D eigenvalue weighted by Crippen LogP contribution is 2.41. The minimum atomic E-state index is -1.16. The molecule has 0 unspecified atom stereocenters. The maximum atomic E-state index is 12.3. The minimum absolute atomic E-state index is 0.0604. The van der Waals surface area contributed by atoms with Gasteiger partial charge in [0.15, 0.2) is 0 Å². The average molecular weight is 374 g/mol. The van der Waals surface area contributed by atoms with E-state index in [0.717, 1.165) is 0 Å². The maximum Gasteiger partial charge on any atom is 0.328 e. The first kappa shape index (κ1) is 17.4. The first-order valence-corrected chi connectivity index (χ1v) is 6.99. The van der Waals surface area contributed by atoms with Gasteiger partial charge in [-0.25, -0.2) is 0 Å². The van der Waals surface area contributed by atoms with Crippen molar-refractivity contribution in [2.24, 2.45) is 0 Å². The molecule has 0 atom stereocenters. The molecular formula is C14H6N4O9. The van der Waals surface area contributed by atoms with Crippen molar-refractivity contribution in [2.45, 2.75) is 0 Å². The van der Waals surface area contributed by atoms with Crippen molar-refractivity contribution in [3.05, 3.63) is 77.9 Å². The third-order valence-corrected chi connectivity index (χ3v) is 3.58. The second-order valence-corrected chi connectivity index (χ2v) is 5.13. The van der Waals surface area contributed by atoms with Gasteiger partial charge < -0.3 is 4.84 Å². The Kier molecular flexibility index (Phi) is 3.96. The summed E-state index contributed by atoms with van der Waals surface area (Å²) in [5.74, 6) is -3.06. The number of hydrogen-bond acceptors (Lipinski definition) is 9. The highest BCUT2D eigenvalue weighted by atomic mass is 16.7. The average Bonchev–Trinajstić information content (AvgIpc) is 2.86. The van der Waals surface area contributed by atoms with Gasteiger partial charge in [-0.3, -0.25) is 39.9 Å². The second kappa shape index (κ2) is 6.14. The van der Waals surface area contributed by atoms with E-state index in [1.807, 2.05) is 0 Å². The van der Waals surface area contributed by atoms with Crippen molar-refractivity contribution in [1.29, 1.82) is 0 Å². The zero-order chi connectivity index (χ0) is 19.9. The number of carbonyl (C=O) groups is 2. The molecule has 13 nitrogen and oxygen atoms in total. The van der Waals surface area contributed by atoms with Crippen LogP contribution < -0.4 is 4.84 Å². The first-order chi connectivity index (χ1) is 12.7. The number of benzene rings is 2. The van der Waals surface area contributed by atoms with Gasteiger partial charge in [0.2, 0.25) is 0 Å². The van der Waals surface area contributed by atoms with Crippen LogP contribution in [0.3, 0.4) is 0 Å². The molecule has 2 amide bonds. The van der Waals surface area contributed by atoms with Gasteiger partial charge in [-0.1, -0.05) is 17.2 Å². The number of fused-ring (bicyclic) bond motifs is 1. The molecule has 136 valence electrons. The Hall–Kier alpha value is -4.42. The summed E-state index contributed by atoms with van der Waals surface area (Å²) in [4.78, 5) is 59.4. The van der Waals surface area contributed by atoms with Crippen molar-refractivity contribution in [3.8, 4) is 5.75 Å². The normalized spacial score (nSPS) is 12.7. The third-order valence-electron chi connectivity index (χ3n) is 3.58. The van der Waals surface area contributed by atoms with Crippen LogP contribution in [-0.2, 0) is 0 Å². The van der Waals surface area contributed by atoms with Gasteiger partial charge in [0.25, 0.3) is 17.5 Å². The smallest absolute Gasteiger partial charge is 0.328 e. The van der Waals surface area contributed by atoms with Crippen LogP contribution in [0.25, 0.3) is 0 Å². The lowest BCUT2D eigenvalue weighted by Gasteiger charge is -2.14. The van der Waals surface area contributed by atoms with Gasteiger partial charge in [0, 0.05) is 0 Å². The summed E-state index contributed by atoms with van der Waals surface area (Å²) in [6.07, 6.45) is 0. The van der Waals surface area contributed by atoms with E-state index in [9.17, 15) is 39.9 Å². The lowest BCUT2D eigenvalue weighted by molar-refractivity contribution is -0.405. The van der Waals surface area contributed by atoms with Crippen LogP contribution in [0.4, 0.5) is 17.1 Å². The van der Waals surface area contributed by atoms with Gasteiger partial charge in [-0.2, -0.15) is 0 Å². The summed E-state index contributed by atoms with van der Waals surface area (Å²) in [7, 11) is 0. The van der Waals surface area contributed by atoms with Crippen molar-refractivity contribution in [1.82, 2.24) is 5.06 Å². The molecule has 27 heavy (non-hydrogen) atoms. The number of nitro benzene ring substituents is 3. The molecule has 2 aromatic rings. The summed E-state index contributed by atoms with van der Waals surface area (Å²) in [6, 6.07) is 6.39. The molecule has 0 N–H and O–H groups in total. The largest absolute Gasteiger partial charge is 0.354 e. The number of imide groups is 1. The summed E-state index contributed by atoms with van der Waals surface area (Å²) >= 11 is 0. The highest BCUT2D eigenvalue weighted by molar-refractivity contribution is 6.20. The number of rotatable bonds is 5. The monoisotopic (exact) mass is 374 g/mol. The predicted molar refractivity (Wildman–Crippen MR) is 84.0 cm³/mol. The van der Waals surface area contributed by atoms with Gasteiger partial charge in [-0.05, 0) is 12.1 Å². The molecule has 0 bridgehead atoms. The Balaban J connectivity index is 2.14. The van der Waals surface area contributed by atoms with Crippen LogP contribution in [-0.4, -0.2) is 31.6 Å². The first-order valence-electron chi connectivity index (χ1n) is 6.99. The van der Waals surface area contributed by atoms with Gasteiger partial charge in [0.05, 0.1) is 38.0 Å². The lowest BCUT2D eigenvalue weighted by atomic mass is 10.1. The summed E-state index contributed by atoms with van der Waals surface area (Å²) in [5.41, 5.74) is -3.34. The van der Waals surface area contributed by atoms with E-state index < -0.39 is 49.4 Å². The van der Waals surface area contributed by atoms with Crippen LogP contribution in [0.1, 0.15) is 20.7 Å². The molecule has 0 aromatic heterocycles. The molecule has 0 aliphatic carbocycles. The number of hydroxylamine groups is 2. The van der Waals surface area contributed by atoms with E-state index in [0.29, 0.717) is 12.1 Å². The maximum absolute atomic E-state index is 12.3. The van der Waals surface area contributed by atoms with E-state index in [1.54, 1.807) is 0 Å². The van der Waals surface area contributed by atoms with Crippen LogP contribution in [0.5, 0.6) is 5.75 Å². The summed E-state index contributed by atoms with van der Waals surface area (Å²) < 4.78 is 0. The summed E-state index contributed by atoms with van der Waals surface area (Å²) in [6.45, 7) is 0. The lowest BCUT2D eigenvalue weighted by Crippen LogP contribution is -2.33. The number of non-ortho nitro benzene ring substituents is 1. The topological polar surface area (TPSA) is 176 Å².